The molecule has 0 amide bonds. The van der Waals surface area contributed by atoms with Crippen LogP contribution in [-0.4, -0.2) is 20.9 Å². The number of carbonyl (C=O) groups is 1. The standard InChI is InChI=1S/C27H27N2.C13H24O2.CH4.Ir/c1-2-6-19-11-13-20(14-12-19)22-15-16-25-26(17-22)28-18-29-27(25)24-10-5-8-21-7-3-4-9-23(21)24;1-5-10(6-2)12(14)9-13(15)11(7-3)8-4;;/h3-5,7-9,15-20H,2,6,11-14H2,1H3;9-11,14H,5-8H2,1-4H3;1H4;/q-1;;;. The third-order valence-electron chi connectivity index (χ3n) is 9.72. The molecule has 5 heteroatoms. The molecule has 251 valence electrons. The second-order valence-corrected chi connectivity index (χ2v) is 12.4. The maximum Gasteiger partial charge on any atom is 0.162 e. The van der Waals surface area contributed by atoms with E-state index in [-0.39, 0.29) is 50.9 Å². The number of carbonyl (C=O) groups excluding carboxylic acids is 1. The minimum absolute atomic E-state index is 0. The van der Waals surface area contributed by atoms with Gasteiger partial charge >= 0.3 is 0 Å². The van der Waals surface area contributed by atoms with Gasteiger partial charge in [0.15, 0.2) is 5.78 Å². The summed E-state index contributed by atoms with van der Waals surface area (Å²) in [5, 5.41) is 13.3. The van der Waals surface area contributed by atoms with E-state index in [1.807, 2.05) is 33.8 Å². The summed E-state index contributed by atoms with van der Waals surface area (Å²) in [6, 6.07) is 22.8. The number of nitrogens with zero attached hydrogens (tertiary/aromatic N) is 2. The molecule has 1 aliphatic carbocycles. The zero-order chi connectivity index (χ0) is 31.5. The van der Waals surface area contributed by atoms with Crippen molar-refractivity contribution >= 4 is 27.5 Å². The summed E-state index contributed by atoms with van der Waals surface area (Å²) in [5.41, 5.74) is 4.52. The van der Waals surface area contributed by atoms with Crippen molar-refractivity contribution in [1.82, 2.24) is 9.97 Å². The number of fused-ring (bicyclic) bond motifs is 2. The van der Waals surface area contributed by atoms with Gasteiger partial charge < -0.3 is 5.11 Å². The zero-order valence-corrected chi connectivity index (χ0v) is 30.2. The molecule has 1 fully saturated rings. The van der Waals surface area contributed by atoms with Crippen LogP contribution in [0.2, 0.25) is 0 Å². The molecule has 3 aromatic carbocycles. The van der Waals surface area contributed by atoms with Gasteiger partial charge in [0.2, 0.25) is 0 Å². The Balaban J connectivity index is 0.000000375. The van der Waals surface area contributed by atoms with E-state index < -0.39 is 0 Å². The van der Waals surface area contributed by atoms with Crippen molar-refractivity contribution in [3.63, 3.8) is 0 Å². The Morgan fingerprint density at radius 3 is 2.22 bits per heavy atom. The third-order valence-corrected chi connectivity index (χ3v) is 9.72. The van der Waals surface area contributed by atoms with E-state index in [1.165, 1.54) is 60.9 Å². The van der Waals surface area contributed by atoms with Crippen LogP contribution in [0.4, 0.5) is 0 Å². The van der Waals surface area contributed by atoms with Crippen LogP contribution in [0, 0.1) is 23.8 Å². The van der Waals surface area contributed by atoms with E-state index in [0.29, 0.717) is 5.92 Å². The van der Waals surface area contributed by atoms with Crippen molar-refractivity contribution in [2.24, 2.45) is 17.8 Å². The molecule has 4 nitrogen and oxygen atoms in total. The van der Waals surface area contributed by atoms with E-state index in [2.05, 4.69) is 71.5 Å². The van der Waals surface area contributed by atoms with E-state index >= 15 is 0 Å². The Morgan fingerprint density at radius 2 is 1.57 bits per heavy atom. The minimum Gasteiger partial charge on any atom is -0.512 e. The summed E-state index contributed by atoms with van der Waals surface area (Å²) in [5.74, 6) is 2.16. The van der Waals surface area contributed by atoms with Crippen LogP contribution in [0.3, 0.4) is 0 Å². The van der Waals surface area contributed by atoms with Crippen LogP contribution < -0.4 is 0 Å². The Kier molecular flexibility index (Phi) is 16.8. The summed E-state index contributed by atoms with van der Waals surface area (Å²) in [7, 11) is 0. The van der Waals surface area contributed by atoms with E-state index in [9.17, 15) is 9.90 Å². The quantitative estimate of drug-likeness (QED) is 0.0932. The first kappa shape index (κ1) is 39.3. The molecule has 0 saturated heterocycles. The van der Waals surface area contributed by atoms with E-state index in [1.54, 1.807) is 6.33 Å². The van der Waals surface area contributed by atoms with Gasteiger partial charge in [-0.25, -0.2) is 4.98 Å². The largest absolute Gasteiger partial charge is 0.512 e. The Morgan fingerprint density at radius 1 is 0.891 bits per heavy atom. The number of allylic oxidation sites excluding steroid dienone is 2. The average molecular weight is 800 g/mol. The molecule has 1 radical (unpaired) electrons. The van der Waals surface area contributed by atoms with Crippen LogP contribution in [0.5, 0.6) is 0 Å². The minimum atomic E-state index is 0. The summed E-state index contributed by atoms with van der Waals surface area (Å²) in [4.78, 5) is 21.0. The number of benzene rings is 3. The SMILES string of the molecule is C.CCC(CC)C(=O)C=C(O)C(CC)CC.CCCC1CCC(c2ccc3c(-c4[c-]ccc5ccccc45)ncnc3c2)CC1.[Ir]. The average Bonchev–Trinajstić information content (AvgIpc) is 3.06. The second-order valence-electron chi connectivity index (χ2n) is 12.4. The van der Waals surface area contributed by atoms with Gasteiger partial charge in [-0.3, -0.25) is 9.78 Å². The molecular weight excluding hydrogens is 745 g/mol. The van der Waals surface area contributed by atoms with Crippen molar-refractivity contribution in [2.45, 2.75) is 112 Å². The van der Waals surface area contributed by atoms with Crippen molar-refractivity contribution < 1.29 is 30.0 Å². The molecule has 0 aliphatic heterocycles. The molecule has 0 spiro atoms. The van der Waals surface area contributed by atoms with Crippen molar-refractivity contribution in [2.75, 3.05) is 0 Å². The summed E-state index contributed by atoms with van der Waals surface area (Å²) < 4.78 is 0. The number of rotatable bonds is 11. The van der Waals surface area contributed by atoms with Crippen LogP contribution in [-0.2, 0) is 24.9 Å². The van der Waals surface area contributed by atoms with Gasteiger partial charge in [-0.05, 0) is 85.9 Å². The number of aliphatic hydroxyl groups is 1. The molecule has 0 bridgehead atoms. The van der Waals surface area contributed by atoms with Crippen LogP contribution >= 0.6 is 0 Å². The van der Waals surface area contributed by atoms with E-state index in [4.69, 9.17) is 0 Å². The van der Waals surface area contributed by atoms with Crippen LogP contribution in [0.1, 0.15) is 118 Å². The van der Waals surface area contributed by atoms with Gasteiger partial charge in [-0.2, -0.15) is 0 Å². The molecule has 1 aromatic heterocycles. The van der Waals surface area contributed by atoms with Gasteiger partial charge in [0.25, 0.3) is 0 Å². The fraction of sp³-hybridized carbons (Fsp3) is 0.488. The zero-order valence-electron chi connectivity index (χ0n) is 27.8. The second kappa shape index (κ2) is 19.7. The molecule has 4 aromatic rings. The predicted molar refractivity (Wildman–Crippen MR) is 192 cm³/mol. The smallest absolute Gasteiger partial charge is 0.162 e. The van der Waals surface area contributed by atoms with Crippen molar-refractivity contribution in [3.8, 4) is 11.3 Å². The van der Waals surface area contributed by atoms with Crippen LogP contribution in [0.25, 0.3) is 32.9 Å². The van der Waals surface area contributed by atoms with Gasteiger partial charge in [-0.1, -0.05) is 96.7 Å². The molecule has 1 aliphatic rings. The van der Waals surface area contributed by atoms with Gasteiger partial charge in [-0.15, -0.1) is 29.1 Å². The number of ketones is 1. The normalized spacial score (nSPS) is 16.5. The van der Waals surface area contributed by atoms with Gasteiger partial charge in [0.05, 0.1) is 11.3 Å². The first-order valence-electron chi connectivity index (χ1n) is 17.0. The van der Waals surface area contributed by atoms with Gasteiger partial charge in [0, 0.05) is 38.0 Å². The summed E-state index contributed by atoms with van der Waals surface area (Å²) in [6.07, 6.45) is 14.7. The Labute approximate surface area is 291 Å². The Bertz CT molecular complexity index is 1530. The molecule has 0 atom stereocenters. The monoisotopic (exact) mass is 800 g/mol. The predicted octanol–water partition coefficient (Wildman–Crippen LogP) is 11.8. The molecular formula is C41H55IrN2O2-. The molecule has 1 N–H and O–H groups in total. The number of hydrogen-bond acceptors (Lipinski definition) is 4. The maximum absolute atomic E-state index is 11.7. The third kappa shape index (κ3) is 9.81. The summed E-state index contributed by atoms with van der Waals surface area (Å²) in [6.45, 7) is 10.4. The first-order valence-corrected chi connectivity index (χ1v) is 17.0. The van der Waals surface area contributed by atoms with Gasteiger partial charge in [0.1, 0.15) is 6.33 Å². The molecule has 46 heavy (non-hydrogen) atoms. The molecule has 0 unspecified atom stereocenters. The molecule has 5 rings (SSSR count). The van der Waals surface area contributed by atoms with Crippen molar-refractivity contribution in [1.29, 1.82) is 0 Å². The van der Waals surface area contributed by atoms with E-state index in [0.717, 1.165) is 53.8 Å². The fourth-order valence-electron chi connectivity index (χ4n) is 6.86. The number of aromatic nitrogens is 2. The number of hydrogen-bond donors (Lipinski definition) is 1. The van der Waals surface area contributed by atoms with Crippen molar-refractivity contribution in [3.05, 3.63) is 84.4 Å². The topological polar surface area (TPSA) is 63.1 Å². The first-order chi connectivity index (χ1) is 21.4. The Hall–Kier alpha value is -2.88. The fourth-order valence-corrected chi connectivity index (χ4v) is 6.86. The molecule has 1 saturated carbocycles. The number of aliphatic hydroxyl groups excluding tert-OH is 1. The summed E-state index contributed by atoms with van der Waals surface area (Å²) >= 11 is 0. The van der Waals surface area contributed by atoms with Crippen LogP contribution in [0.15, 0.2) is 72.8 Å². The molecule has 1 heterocycles. The maximum atomic E-state index is 11.7.